The Balaban J connectivity index is 1.27. The first kappa shape index (κ1) is 25.4. The summed E-state index contributed by atoms with van der Waals surface area (Å²) in [5.41, 5.74) is 3.53. The second-order valence-electron chi connectivity index (χ2n) is 10.5. The van der Waals surface area contributed by atoms with Gasteiger partial charge in [0.25, 0.3) is 5.91 Å². The third-order valence-electron chi connectivity index (χ3n) is 7.37. The molecule has 7 nitrogen and oxygen atoms in total. The molecule has 37 heavy (non-hydrogen) atoms. The van der Waals surface area contributed by atoms with Crippen molar-refractivity contribution in [2.75, 3.05) is 30.8 Å². The van der Waals surface area contributed by atoms with Gasteiger partial charge in [-0.2, -0.15) is 4.98 Å². The lowest BCUT2D eigenvalue weighted by molar-refractivity contribution is 0.0913. The van der Waals surface area contributed by atoms with Crippen LogP contribution in [0.4, 0.5) is 27.5 Å². The summed E-state index contributed by atoms with van der Waals surface area (Å²) in [6.07, 6.45) is 5.69. The number of carbonyl (C=O) groups excluding carboxylic acids is 1. The number of amides is 1. The molecule has 1 aliphatic heterocycles. The Morgan fingerprint density at radius 3 is 2.51 bits per heavy atom. The SMILES string of the molecule is Cc1cnc(Nc2ccc(C(=O)NC3CCN(C)CC3)c(F)c2)nc1Nc1ccc(Cl)c(C2(C)CC2)c1. The molecule has 2 aliphatic rings. The Labute approximate surface area is 221 Å². The number of aryl methyl sites for hydroxylation is 1. The van der Waals surface area contributed by atoms with E-state index in [1.165, 1.54) is 12.1 Å². The number of nitrogens with zero attached hydrogens (tertiary/aromatic N) is 3. The van der Waals surface area contributed by atoms with Crippen molar-refractivity contribution in [1.29, 1.82) is 0 Å². The number of aromatic nitrogens is 2. The average Bonchev–Trinajstić information content (AvgIpc) is 3.62. The lowest BCUT2D eigenvalue weighted by Crippen LogP contribution is -2.43. The Morgan fingerprint density at radius 1 is 1.11 bits per heavy atom. The summed E-state index contributed by atoms with van der Waals surface area (Å²) < 4.78 is 14.8. The van der Waals surface area contributed by atoms with E-state index in [1.54, 1.807) is 12.3 Å². The molecule has 0 atom stereocenters. The fourth-order valence-electron chi connectivity index (χ4n) is 4.61. The van der Waals surface area contributed by atoms with Crippen molar-refractivity contribution in [1.82, 2.24) is 20.2 Å². The number of likely N-dealkylation sites (tertiary alicyclic amines) is 1. The van der Waals surface area contributed by atoms with Gasteiger partial charge in [0.2, 0.25) is 5.95 Å². The highest BCUT2D eigenvalue weighted by molar-refractivity contribution is 6.31. The summed E-state index contributed by atoms with van der Waals surface area (Å²) in [5, 5.41) is 10.1. The Bertz CT molecular complexity index is 1320. The molecule has 194 valence electrons. The van der Waals surface area contributed by atoms with Gasteiger partial charge in [-0.1, -0.05) is 18.5 Å². The summed E-state index contributed by atoms with van der Waals surface area (Å²) >= 11 is 6.45. The molecule has 0 unspecified atom stereocenters. The Kier molecular flexibility index (Phi) is 7.05. The average molecular weight is 523 g/mol. The summed E-state index contributed by atoms with van der Waals surface area (Å²) in [7, 11) is 2.06. The number of benzene rings is 2. The van der Waals surface area contributed by atoms with E-state index < -0.39 is 5.82 Å². The summed E-state index contributed by atoms with van der Waals surface area (Å²) in [4.78, 5) is 23.8. The number of piperidine rings is 1. The van der Waals surface area contributed by atoms with Gasteiger partial charge in [0.15, 0.2) is 0 Å². The quantitative estimate of drug-likeness (QED) is 0.356. The van der Waals surface area contributed by atoms with Gasteiger partial charge < -0.3 is 20.9 Å². The molecule has 2 heterocycles. The van der Waals surface area contributed by atoms with Crippen molar-refractivity contribution in [2.45, 2.75) is 51.0 Å². The molecule has 1 aromatic heterocycles. The zero-order chi connectivity index (χ0) is 26.2. The van der Waals surface area contributed by atoms with Crippen molar-refractivity contribution in [3.8, 4) is 0 Å². The molecule has 2 fully saturated rings. The third-order valence-corrected chi connectivity index (χ3v) is 7.70. The summed E-state index contributed by atoms with van der Waals surface area (Å²) in [5.74, 6) is -0.0251. The van der Waals surface area contributed by atoms with Crippen LogP contribution in [0.5, 0.6) is 0 Å². The maximum absolute atomic E-state index is 14.8. The van der Waals surface area contributed by atoms with E-state index in [0.29, 0.717) is 17.5 Å². The highest BCUT2D eigenvalue weighted by Crippen LogP contribution is 2.50. The minimum atomic E-state index is -0.594. The molecule has 2 aromatic carbocycles. The highest BCUT2D eigenvalue weighted by atomic mass is 35.5. The van der Waals surface area contributed by atoms with E-state index >= 15 is 0 Å². The normalized spacial score (nSPS) is 17.3. The van der Waals surface area contributed by atoms with Crippen LogP contribution in [0.2, 0.25) is 5.02 Å². The first-order valence-corrected chi connectivity index (χ1v) is 13.0. The summed E-state index contributed by atoms with van der Waals surface area (Å²) in [6, 6.07) is 10.4. The van der Waals surface area contributed by atoms with Gasteiger partial charge in [0.05, 0.1) is 5.56 Å². The molecular formula is C28H32ClFN6O. The number of nitrogens with one attached hydrogen (secondary N) is 3. The lowest BCUT2D eigenvalue weighted by atomic mass is 9.98. The smallest absolute Gasteiger partial charge is 0.254 e. The standard InChI is InChI=1S/C28H32ClFN6O/c1-17-16-31-27(35-25(17)32-19-5-7-23(29)22(14-19)28(2)10-11-28)34-20-4-6-21(24(30)15-20)26(37)33-18-8-12-36(3)13-9-18/h4-7,14-16,18H,8-13H2,1-3H3,(H,33,37)(H2,31,32,34,35). The predicted octanol–water partition coefficient (Wildman–Crippen LogP) is 5.94. The van der Waals surface area contributed by atoms with Crippen molar-refractivity contribution in [3.63, 3.8) is 0 Å². The van der Waals surface area contributed by atoms with Crippen LogP contribution in [0.3, 0.4) is 0 Å². The van der Waals surface area contributed by atoms with Crippen molar-refractivity contribution in [3.05, 3.63) is 70.1 Å². The fourth-order valence-corrected chi connectivity index (χ4v) is 4.96. The van der Waals surface area contributed by atoms with Gasteiger partial charge in [-0.15, -0.1) is 0 Å². The molecule has 0 bridgehead atoms. The molecule has 3 aromatic rings. The maximum Gasteiger partial charge on any atom is 0.254 e. The Hall–Kier alpha value is -3.23. The van der Waals surface area contributed by atoms with Crippen LogP contribution in [0, 0.1) is 12.7 Å². The van der Waals surface area contributed by atoms with E-state index in [1.807, 2.05) is 19.1 Å². The molecule has 1 amide bonds. The molecular weight excluding hydrogens is 491 g/mol. The highest BCUT2D eigenvalue weighted by Gasteiger charge is 2.40. The van der Waals surface area contributed by atoms with Crippen LogP contribution < -0.4 is 16.0 Å². The molecule has 1 saturated heterocycles. The number of carbonyl (C=O) groups is 1. The van der Waals surface area contributed by atoms with Gasteiger partial charge >= 0.3 is 0 Å². The van der Waals surface area contributed by atoms with E-state index in [0.717, 1.165) is 60.6 Å². The van der Waals surface area contributed by atoms with Crippen LogP contribution in [-0.4, -0.2) is 47.0 Å². The topological polar surface area (TPSA) is 82.2 Å². The van der Waals surface area contributed by atoms with Crippen LogP contribution in [0.25, 0.3) is 0 Å². The monoisotopic (exact) mass is 522 g/mol. The predicted molar refractivity (Wildman–Crippen MR) is 146 cm³/mol. The second-order valence-corrected chi connectivity index (χ2v) is 10.9. The van der Waals surface area contributed by atoms with Crippen LogP contribution in [-0.2, 0) is 5.41 Å². The van der Waals surface area contributed by atoms with Crippen molar-refractivity contribution >= 4 is 40.6 Å². The van der Waals surface area contributed by atoms with Crippen LogP contribution >= 0.6 is 11.6 Å². The van der Waals surface area contributed by atoms with E-state index in [2.05, 4.69) is 50.9 Å². The first-order chi connectivity index (χ1) is 17.7. The molecule has 3 N–H and O–H groups in total. The van der Waals surface area contributed by atoms with Gasteiger partial charge in [-0.3, -0.25) is 4.79 Å². The van der Waals surface area contributed by atoms with Gasteiger partial charge in [0.1, 0.15) is 11.6 Å². The summed E-state index contributed by atoms with van der Waals surface area (Å²) in [6.45, 7) is 5.98. The number of hydrogen-bond donors (Lipinski definition) is 3. The number of halogens is 2. The van der Waals surface area contributed by atoms with Gasteiger partial charge in [-0.25, -0.2) is 9.37 Å². The fraction of sp³-hybridized carbons (Fsp3) is 0.393. The zero-order valence-corrected chi connectivity index (χ0v) is 22.1. The Morgan fingerprint density at radius 2 is 1.81 bits per heavy atom. The minimum absolute atomic E-state index is 0.0274. The van der Waals surface area contributed by atoms with Crippen molar-refractivity contribution in [2.24, 2.45) is 0 Å². The zero-order valence-electron chi connectivity index (χ0n) is 21.4. The second kappa shape index (κ2) is 10.3. The third kappa shape index (κ3) is 5.86. The van der Waals surface area contributed by atoms with E-state index in [-0.39, 0.29) is 22.9 Å². The van der Waals surface area contributed by atoms with E-state index in [9.17, 15) is 9.18 Å². The van der Waals surface area contributed by atoms with Crippen LogP contribution in [0.1, 0.15) is 54.1 Å². The number of hydrogen-bond acceptors (Lipinski definition) is 6. The molecule has 9 heteroatoms. The number of rotatable bonds is 7. The molecule has 0 spiro atoms. The molecule has 5 rings (SSSR count). The number of anilines is 4. The van der Waals surface area contributed by atoms with Crippen molar-refractivity contribution < 1.29 is 9.18 Å². The maximum atomic E-state index is 14.8. The van der Waals surface area contributed by atoms with Gasteiger partial charge in [0, 0.05) is 34.2 Å². The largest absolute Gasteiger partial charge is 0.349 e. The minimum Gasteiger partial charge on any atom is -0.349 e. The molecule has 1 saturated carbocycles. The molecule has 1 aliphatic carbocycles. The first-order valence-electron chi connectivity index (χ1n) is 12.7. The van der Waals surface area contributed by atoms with Crippen LogP contribution in [0.15, 0.2) is 42.6 Å². The lowest BCUT2D eigenvalue weighted by Gasteiger charge is -2.29. The van der Waals surface area contributed by atoms with E-state index in [4.69, 9.17) is 11.6 Å². The molecule has 0 radical (unpaired) electrons. The van der Waals surface area contributed by atoms with Gasteiger partial charge in [-0.05, 0) is 100 Å².